The normalized spacial score (nSPS) is 15.8. The fraction of sp³-hybridized carbons (Fsp3) is 0.364. The first-order valence-electron chi connectivity index (χ1n) is 9.75. The van der Waals surface area contributed by atoms with Gasteiger partial charge in [-0.2, -0.15) is 13.2 Å². The Morgan fingerprint density at radius 2 is 1.80 bits per heavy atom. The van der Waals surface area contributed by atoms with E-state index in [0.29, 0.717) is 17.2 Å². The summed E-state index contributed by atoms with van der Waals surface area (Å²) >= 11 is 3.66. The van der Waals surface area contributed by atoms with E-state index in [0.717, 1.165) is 34.6 Å². The quantitative estimate of drug-likeness (QED) is 0.484. The zero-order valence-electron chi connectivity index (χ0n) is 16.5. The van der Waals surface area contributed by atoms with Gasteiger partial charge in [-0.1, -0.05) is 40.2 Å². The second-order valence-corrected chi connectivity index (χ2v) is 8.52. The summed E-state index contributed by atoms with van der Waals surface area (Å²) in [6.45, 7) is 3.68. The number of hydrogen-bond acceptors (Lipinski definition) is 4. The Hall–Kier alpha value is -2.19. The Morgan fingerprint density at radius 1 is 1.10 bits per heavy atom. The van der Waals surface area contributed by atoms with Gasteiger partial charge in [0, 0.05) is 15.9 Å². The van der Waals surface area contributed by atoms with Gasteiger partial charge in [-0.3, -0.25) is 0 Å². The molecule has 0 saturated heterocycles. The minimum absolute atomic E-state index is 0.182. The van der Waals surface area contributed by atoms with E-state index in [1.807, 2.05) is 19.9 Å². The molecule has 0 bridgehead atoms. The van der Waals surface area contributed by atoms with Gasteiger partial charge in [-0.05, 0) is 61.4 Å². The number of hydrogen-bond donors (Lipinski definition) is 2. The molecule has 4 rings (SSSR count). The van der Waals surface area contributed by atoms with Gasteiger partial charge in [-0.15, -0.1) is 0 Å². The van der Waals surface area contributed by atoms with Crippen LogP contribution in [0.5, 0.6) is 0 Å². The van der Waals surface area contributed by atoms with Crippen molar-refractivity contribution in [3.8, 4) is 0 Å². The van der Waals surface area contributed by atoms with Gasteiger partial charge in [0.25, 0.3) is 0 Å². The third kappa shape index (κ3) is 3.90. The highest BCUT2D eigenvalue weighted by Gasteiger charge is 2.39. The molecule has 0 radical (unpaired) electrons. The van der Waals surface area contributed by atoms with Crippen molar-refractivity contribution in [3.05, 3.63) is 62.9 Å². The fourth-order valence-corrected chi connectivity index (χ4v) is 4.68. The van der Waals surface area contributed by atoms with Gasteiger partial charge in [0.1, 0.15) is 11.6 Å². The predicted molar refractivity (Wildman–Crippen MR) is 113 cm³/mol. The summed E-state index contributed by atoms with van der Waals surface area (Å²) in [5, 5.41) is 13.8. The first-order valence-corrected chi connectivity index (χ1v) is 10.5. The first-order chi connectivity index (χ1) is 14.1. The minimum Gasteiger partial charge on any atom is -0.379 e. The highest BCUT2D eigenvalue weighted by atomic mass is 79.9. The molecule has 2 atom stereocenters. The van der Waals surface area contributed by atoms with Crippen LogP contribution in [0.25, 0.3) is 10.9 Å². The fourth-order valence-electron chi connectivity index (χ4n) is 4.02. The molecule has 3 aromatic rings. The van der Waals surface area contributed by atoms with Gasteiger partial charge in [-0.25, -0.2) is 9.97 Å². The molecule has 0 aliphatic heterocycles. The van der Waals surface area contributed by atoms with E-state index in [1.165, 1.54) is 29.3 Å². The Bertz CT molecular complexity index is 1120. The van der Waals surface area contributed by atoms with Gasteiger partial charge < -0.3 is 10.4 Å². The van der Waals surface area contributed by atoms with Crippen LogP contribution in [0.1, 0.15) is 53.6 Å². The average molecular weight is 480 g/mol. The van der Waals surface area contributed by atoms with E-state index in [2.05, 4.69) is 31.2 Å². The maximum atomic E-state index is 12.9. The summed E-state index contributed by atoms with van der Waals surface area (Å²) in [5.41, 5.74) is 3.89. The second kappa shape index (κ2) is 7.81. The van der Waals surface area contributed by atoms with Crippen LogP contribution in [-0.4, -0.2) is 21.3 Å². The number of aryl methyl sites for hydroxylation is 2. The van der Waals surface area contributed by atoms with Crippen molar-refractivity contribution in [2.75, 3.05) is 5.32 Å². The molecule has 8 heteroatoms. The van der Waals surface area contributed by atoms with Crippen molar-refractivity contribution >= 4 is 32.7 Å². The molecule has 1 unspecified atom stereocenters. The number of nitrogens with one attached hydrogen (secondary N) is 1. The molecule has 30 heavy (non-hydrogen) atoms. The number of halogens is 4. The van der Waals surface area contributed by atoms with Gasteiger partial charge in [0.05, 0.1) is 5.52 Å². The number of benzene rings is 2. The van der Waals surface area contributed by atoms with Crippen LogP contribution in [0, 0.1) is 6.92 Å². The third-order valence-electron chi connectivity index (χ3n) is 5.51. The number of aliphatic hydroxyl groups excluding tert-OH is 1. The number of alkyl halides is 3. The first kappa shape index (κ1) is 21.1. The third-order valence-corrected chi connectivity index (χ3v) is 6.22. The lowest BCUT2D eigenvalue weighted by atomic mass is 10.0. The predicted octanol–water partition coefficient (Wildman–Crippen LogP) is 5.96. The Labute approximate surface area is 180 Å². The van der Waals surface area contributed by atoms with Crippen LogP contribution in [0.4, 0.5) is 19.0 Å². The van der Waals surface area contributed by atoms with Crippen LogP contribution >= 0.6 is 15.9 Å². The van der Waals surface area contributed by atoms with Crippen molar-refractivity contribution in [2.45, 2.75) is 51.4 Å². The van der Waals surface area contributed by atoms with Crippen LogP contribution < -0.4 is 5.32 Å². The summed E-state index contributed by atoms with van der Waals surface area (Å²) in [4.78, 5) is 9.22. The summed E-state index contributed by atoms with van der Waals surface area (Å²) in [5.74, 6) is 1.28. The summed E-state index contributed by atoms with van der Waals surface area (Å²) in [7, 11) is 0. The maximum absolute atomic E-state index is 12.9. The molecule has 0 amide bonds. The summed E-state index contributed by atoms with van der Waals surface area (Å²) in [6.07, 6.45) is -4.15. The zero-order chi connectivity index (χ0) is 21.6. The molecule has 1 aliphatic rings. The summed E-state index contributed by atoms with van der Waals surface area (Å²) in [6, 6.07) is 7.59. The van der Waals surface area contributed by atoms with Crippen molar-refractivity contribution in [2.24, 2.45) is 0 Å². The lowest BCUT2D eigenvalue weighted by Gasteiger charge is -2.20. The molecule has 0 saturated carbocycles. The maximum Gasteiger partial charge on any atom is 0.418 e. The lowest BCUT2D eigenvalue weighted by Crippen LogP contribution is -2.20. The number of nitrogens with zero attached hydrogens (tertiary/aromatic N) is 2. The van der Waals surface area contributed by atoms with Crippen LogP contribution in [0.3, 0.4) is 0 Å². The Morgan fingerprint density at radius 3 is 2.53 bits per heavy atom. The van der Waals surface area contributed by atoms with E-state index < -0.39 is 12.3 Å². The number of aromatic nitrogens is 2. The van der Waals surface area contributed by atoms with Crippen LogP contribution in [-0.2, 0) is 12.8 Å². The highest BCUT2D eigenvalue weighted by molar-refractivity contribution is 9.10. The molecule has 4 nitrogen and oxygen atoms in total. The lowest BCUT2D eigenvalue weighted by molar-refractivity contribution is -0.206. The molecule has 1 aliphatic carbocycles. The summed E-state index contributed by atoms with van der Waals surface area (Å²) < 4.78 is 39.7. The van der Waals surface area contributed by atoms with Crippen molar-refractivity contribution in [3.63, 3.8) is 0 Å². The van der Waals surface area contributed by atoms with Crippen LogP contribution in [0.2, 0.25) is 0 Å². The standard InChI is InChI=1S/C22H21BrF3N3O/c1-11(13-5-3-6-14(9-13)20(30)22(24,25)26)27-21-17-10-18(23)15-7-4-8-16(15)19(17)28-12(2)29-21/h3,5-6,9-11,20,30H,4,7-8H2,1-2H3,(H,27,28,29)/t11-,20?/m0/s1. The molecule has 0 fully saturated rings. The number of aliphatic hydroxyl groups is 1. The average Bonchev–Trinajstić information content (AvgIpc) is 3.18. The van der Waals surface area contributed by atoms with Crippen molar-refractivity contribution in [1.29, 1.82) is 0 Å². The number of fused-ring (bicyclic) bond motifs is 3. The molecule has 158 valence electrons. The molecule has 0 spiro atoms. The smallest absolute Gasteiger partial charge is 0.379 e. The molecule has 1 aromatic heterocycles. The van der Waals surface area contributed by atoms with E-state index in [1.54, 1.807) is 6.07 Å². The van der Waals surface area contributed by atoms with Gasteiger partial charge in [0.15, 0.2) is 6.10 Å². The number of rotatable bonds is 4. The topological polar surface area (TPSA) is 58.0 Å². The molecular weight excluding hydrogens is 459 g/mol. The van der Waals surface area contributed by atoms with E-state index in [-0.39, 0.29) is 11.6 Å². The molecule has 2 N–H and O–H groups in total. The van der Waals surface area contributed by atoms with Crippen molar-refractivity contribution < 1.29 is 18.3 Å². The van der Waals surface area contributed by atoms with Gasteiger partial charge in [0.2, 0.25) is 0 Å². The zero-order valence-corrected chi connectivity index (χ0v) is 18.1. The van der Waals surface area contributed by atoms with Crippen molar-refractivity contribution in [1.82, 2.24) is 9.97 Å². The highest BCUT2D eigenvalue weighted by Crippen LogP contribution is 2.38. The van der Waals surface area contributed by atoms with E-state index in [9.17, 15) is 18.3 Å². The monoisotopic (exact) mass is 479 g/mol. The van der Waals surface area contributed by atoms with E-state index >= 15 is 0 Å². The SMILES string of the molecule is Cc1nc(N[C@@H](C)c2cccc(C(O)C(F)(F)F)c2)c2cc(Br)c3c(c2n1)CCC3. The molecule has 1 heterocycles. The largest absolute Gasteiger partial charge is 0.418 e. The van der Waals surface area contributed by atoms with Crippen LogP contribution in [0.15, 0.2) is 34.8 Å². The van der Waals surface area contributed by atoms with Gasteiger partial charge >= 0.3 is 6.18 Å². The second-order valence-electron chi connectivity index (χ2n) is 7.66. The Balaban J connectivity index is 1.71. The minimum atomic E-state index is -4.71. The molecular formula is C22H21BrF3N3O. The number of anilines is 1. The van der Waals surface area contributed by atoms with E-state index in [4.69, 9.17) is 0 Å². The Kier molecular flexibility index (Phi) is 5.48. The molecule has 2 aromatic carbocycles.